The van der Waals surface area contributed by atoms with Crippen molar-refractivity contribution in [2.24, 2.45) is 0 Å². The summed E-state index contributed by atoms with van der Waals surface area (Å²) in [7, 11) is 1.81. The molecule has 0 radical (unpaired) electrons. The summed E-state index contributed by atoms with van der Waals surface area (Å²) < 4.78 is 0. The number of amides is 1. The van der Waals surface area contributed by atoms with Crippen LogP contribution < -0.4 is 5.32 Å². The van der Waals surface area contributed by atoms with Crippen LogP contribution in [0.4, 0.5) is 0 Å². The Labute approximate surface area is 121 Å². The molecule has 2 fully saturated rings. The molecule has 2 aliphatic rings. The summed E-state index contributed by atoms with van der Waals surface area (Å²) in [5.74, 6) is 0.0857. The third-order valence-electron chi connectivity index (χ3n) is 4.72. The Bertz CT molecular complexity index is 384. The monoisotopic (exact) mass is 278 g/mol. The fraction of sp³-hybridized carbons (Fsp3) is 0.867. The number of nitriles is 1. The topological polar surface area (TPSA) is 59.4 Å². The lowest BCUT2D eigenvalue weighted by atomic mass is 9.81. The van der Waals surface area contributed by atoms with E-state index in [1.165, 1.54) is 6.42 Å². The van der Waals surface area contributed by atoms with Crippen LogP contribution in [0, 0.1) is 11.3 Å². The molecule has 1 atom stereocenters. The van der Waals surface area contributed by atoms with Crippen molar-refractivity contribution in [2.75, 3.05) is 33.2 Å². The molecule has 1 saturated carbocycles. The SMILES string of the molecule is C[C@H]1CN(CC(=O)N(C)C2(C#N)CCCCC2)CCN1. The molecule has 0 aromatic rings. The van der Waals surface area contributed by atoms with E-state index in [0.717, 1.165) is 45.3 Å². The molecule has 20 heavy (non-hydrogen) atoms. The Morgan fingerprint density at radius 2 is 2.15 bits per heavy atom. The first-order valence-electron chi connectivity index (χ1n) is 7.71. The predicted octanol–water partition coefficient (Wildman–Crippen LogP) is 0.965. The van der Waals surface area contributed by atoms with Crippen LogP contribution in [-0.4, -0.2) is 60.5 Å². The summed E-state index contributed by atoms with van der Waals surface area (Å²) in [4.78, 5) is 16.4. The fourth-order valence-corrected chi connectivity index (χ4v) is 3.35. The Kier molecular flexibility index (Phi) is 5.00. The molecule has 5 heteroatoms. The molecule has 0 aromatic carbocycles. The lowest BCUT2D eigenvalue weighted by molar-refractivity contribution is -0.136. The van der Waals surface area contributed by atoms with Crippen LogP contribution in [0.25, 0.3) is 0 Å². The van der Waals surface area contributed by atoms with Gasteiger partial charge in [0.2, 0.25) is 5.91 Å². The van der Waals surface area contributed by atoms with Gasteiger partial charge in [0.25, 0.3) is 0 Å². The highest BCUT2D eigenvalue weighted by Crippen LogP contribution is 2.32. The van der Waals surface area contributed by atoms with Gasteiger partial charge in [-0.3, -0.25) is 9.69 Å². The summed E-state index contributed by atoms with van der Waals surface area (Å²) in [5, 5.41) is 12.9. The van der Waals surface area contributed by atoms with Crippen LogP contribution in [0.5, 0.6) is 0 Å². The molecule has 5 nitrogen and oxygen atoms in total. The summed E-state index contributed by atoms with van der Waals surface area (Å²) in [5.41, 5.74) is -0.561. The quantitative estimate of drug-likeness (QED) is 0.835. The fourth-order valence-electron chi connectivity index (χ4n) is 3.35. The number of likely N-dealkylation sites (N-methyl/N-ethyl adjacent to an activating group) is 1. The van der Waals surface area contributed by atoms with E-state index in [4.69, 9.17) is 0 Å². The Morgan fingerprint density at radius 1 is 1.45 bits per heavy atom. The van der Waals surface area contributed by atoms with Crippen LogP contribution in [0.15, 0.2) is 0 Å². The highest BCUT2D eigenvalue weighted by molar-refractivity contribution is 5.79. The minimum absolute atomic E-state index is 0.0857. The molecule has 0 aromatic heterocycles. The third-order valence-corrected chi connectivity index (χ3v) is 4.72. The van der Waals surface area contributed by atoms with E-state index in [2.05, 4.69) is 23.2 Å². The van der Waals surface area contributed by atoms with E-state index in [-0.39, 0.29) is 5.91 Å². The van der Waals surface area contributed by atoms with Crippen molar-refractivity contribution in [3.63, 3.8) is 0 Å². The van der Waals surface area contributed by atoms with Crippen molar-refractivity contribution in [2.45, 2.75) is 50.6 Å². The molecule has 2 rings (SSSR count). The highest BCUT2D eigenvalue weighted by Gasteiger charge is 2.39. The second-order valence-corrected chi connectivity index (χ2v) is 6.25. The van der Waals surface area contributed by atoms with Gasteiger partial charge in [0.05, 0.1) is 12.6 Å². The number of carbonyl (C=O) groups excluding carboxylic acids is 1. The second-order valence-electron chi connectivity index (χ2n) is 6.25. The van der Waals surface area contributed by atoms with E-state index in [0.29, 0.717) is 12.6 Å². The van der Waals surface area contributed by atoms with Crippen LogP contribution in [0.1, 0.15) is 39.0 Å². The molecule has 1 heterocycles. The van der Waals surface area contributed by atoms with Gasteiger partial charge in [-0.25, -0.2) is 0 Å². The Balaban J connectivity index is 1.95. The van der Waals surface area contributed by atoms with Crippen molar-refractivity contribution in [1.29, 1.82) is 5.26 Å². The maximum absolute atomic E-state index is 12.5. The molecule has 1 N–H and O–H groups in total. The van der Waals surface area contributed by atoms with Crippen LogP contribution in [-0.2, 0) is 4.79 Å². The molecule has 1 aliphatic heterocycles. The molecular weight excluding hydrogens is 252 g/mol. The first kappa shape index (κ1) is 15.3. The van der Waals surface area contributed by atoms with E-state index < -0.39 is 5.54 Å². The number of nitrogens with zero attached hydrogens (tertiary/aromatic N) is 3. The Morgan fingerprint density at radius 3 is 2.75 bits per heavy atom. The number of rotatable bonds is 3. The molecule has 0 spiro atoms. The van der Waals surface area contributed by atoms with Crippen molar-refractivity contribution in [1.82, 2.24) is 15.1 Å². The second kappa shape index (κ2) is 6.55. The molecule has 1 aliphatic carbocycles. The number of nitrogens with one attached hydrogen (secondary N) is 1. The van der Waals surface area contributed by atoms with Gasteiger partial charge in [-0.05, 0) is 19.8 Å². The first-order chi connectivity index (χ1) is 9.57. The average molecular weight is 278 g/mol. The minimum atomic E-state index is -0.561. The van der Waals surface area contributed by atoms with Crippen LogP contribution >= 0.6 is 0 Å². The van der Waals surface area contributed by atoms with Crippen LogP contribution in [0.3, 0.4) is 0 Å². The van der Waals surface area contributed by atoms with Gasteiger partial charge in [0.15, 0.2) is 0 Å². The van der Waals surface area contributed by atoms with Gasteiger partial charge in [-0.1, -0.05) is 19.3 Å². The summed E-state index contributed by atoms with van der Waals surface area (Å²) in [6.07, 6.45) is 4.93. The number of hydrogen-bond donors (Lipinski definition) is 1. The lowest BCUT2D eigenvalue weighted by Crippen LogP contribution is -2.56. The zero-order valence-corrected chi connectivity index (χ0v) is 12.7. The number of piperazine rings is 1. The maximum Gasteiger partial charge on any atom is 0.237 e. The smallest absolute Gasteiger partial charge is 0.237 e. The summed E-state index contributed by atoms with van der Waals surface area (Å²) in [6, 6.07) is 2.85. The molecule has 1 amide bonds. The zero-order chi connectivity index (χ0) is 14.6. The Hall–Kier alpha value is -1.12. The summed E-state index contributed by atoms with van der Waals surface area (Å²) in [6.45, 7) is 5.31. The molecule has 0 unspecified atom stereocenters. The molecule has 112 valence electrons. The van der Waals surface area contributed by atoms with Crippen molar-refractivity contribution >= 4 is 5.91 Å². The van der Waals surface area contributed by atoms with Gasteiger partial charge in [-0.15, -0.1) is 0 Å². The van der Waals surface area contributed by atoms with E-state index >= 15 is 0 Å². The van der Waals surface area contributed by atoms with Gasteiger partial charge < -0.3 is 10.2 Å². The van der Waals surface area contributed by atoms with E-state index in [9.17, 15) is 10.1 Å². The van der Waals surface area contributed by atoms with Crippen molar-refractivity contribution < 1.29 is 4.79 Å². The third kappa shape index (κ3) is 3.31. The minimum Gasteiger partial charge on any atom is -0.326 e. The number of carbonyl (C=O) groups is 1. The maximum atomic E-state index is 12.5. The van der Waals surface area contributed by atoms with Gasteiger partial charge in [-0.2, -0.15) is 5.26 Å². The van der Waals surface area contributed by atoms with Gasteiger partial charge in [0.1, 0.15) is 5.54 Å². The standard InChI is InChI=1S/C15H26N4O/c1-13-10-19(9-8-17-13)11-14(20)18(2)15(12-16)6-4-3-5-7-15/h13,17H,3-11H2,1-2H3/t13-/m0/s1. The largest absolute Gasteiger partial charge is 0.326 e. The van der Waals surface area contributed by atoms with Crippen LogP contribution in [0.2, 0.25) is 0 Å². The summed E-state index contributed by atoms with van der Waals surface area (Å²) >= 11 is 0. The van der Waals surface area contributed by atoms with E-state index in [1.54, 1.807) is 4.90 Å². The zero-order valence-electron chi connectivity index (χ0n) is 12.7. The lowest BCUT2D eigenvalue weighted by Gasteiger charge is -2.40. The van der Waals surface area contributed by atoms with Gasteiger partial charge in [0, 0.05) is 32.7 Å². The van der Waals surface area contributed by atoms with E-state index in [1.807, 2.05) is 7.05 Å². The normalized spacial score (nSPS) is 26.8. The van der Waals surface area contributed by atoms with Crippen molar-refractivity contribution in [3.8, 4) is 6.07 Å². The molecule has 1 saturated heterocycles. The highest BCUT2D eigenvalue weighted by atomic mass is 16.2. The van der Waals surface area contributed by atoms with Gasteiger partial charge >= 0.3 is 0 Å². The molecule has 0 bridgehead atoms. The first-order valence-corrected chi connectivity index (χ1v) is 7.71. The van der Waals surface area contributed by atoms with Crippen molar-refractivity contribution in [3.05, 3.63) is 0 Å². The number of hydrogen-bond acceptors (Lipinski definition) is 4. The predicted molar refractivity (Wildman–Crippen MR) is 78.1 cm³/mol. The molecular formula is C15H26N4O. The average Bonchev–Trinajstić information content (AvgIpc) is 2.47.